The zero-order valence-corrected chi connectivity index (χ0v) is 21.5. The molecule has 8 saturated carbocycles. The van der Waals surface area contributed by atoms with Gasteiger partial charge in [-0.15, -0.1) is 0 Å². The van der Waals surface area contributed by atoms with Crippen LogP contribution in [0.5, 0.6) is 0 Å². The predicted octanol–water partition coefficient (Wildman–Crippen LogP) is 10.6. The molecule has 0 aromatic heterocycles. The Morgan fingerprint density at radius 3 is 0.742 bits per heavy atom. The van der Waals surface area contributed by atoms with Crippen LogP contribution >= 0.6 is 0 Å². The van der Waals surface area contributed by atoms with Crippen molar-refractivity contribution in [1.82, 2.24) is 0 Å². The summed E-state index contributed by atoms with van der Waals surface area (Å²) >= 11 is 0. The maximum atomic E-state index is 2.49. The minimum Gasteiger partial charge on any atom is -0.0776 e. The van der Waals surface area contributed by atoms with Gasteiger partial charge in [0.2, 0.25) is 0 Å². The Morgan fingerprint density at radius 2 is 0.645 bits per heavy atom. The third-order valence-electron chi connectivity index (χ3n) is 11.6. The molecule has 0 unspecified atom stereocenters. The Balaban J connectivity index is 0.000000161. The first-order valence-electron chi connectivity index (χ1n) is 13.2. The molecule has 8 aliphatic carbocycles. The van der Waals surface area contributed by atoms with Crippen LogP contribution in [0, 0.1) is 50.2 Å². The molecule has 0 aromatic rings. The van der Waals surface area contributed by atoms with Crippen molar-refractivity contribution in [3.05, 3.63) is 0 Å². The first kappa shape index (κ1) is 27.2. The number of hydrogen-bond acceptors (Lipinski definition) is 0. The van der Waals surface area contributed by atoms with Crippen molar-refractivity contribution in [2.75, 3.05) is 0 Å². The van der Waals surface area contributed by atoms with E-state index in [-0.39, 0.29) is 14.9 Å². The molecule has 184 valence electrons. The molecule has 8 fully saturated rings. The van der Waals surface area contributed by atoms with Crippen molar-refractivity contribution in [2.24, 2.45) is 50.2 Å². The second kappa shape index (κ2) is 8.05. The Kier molecular flexibility index (Phi) is 7.07. The van der Waals surface area contributed by atoms with E-state index in [1.54, 1.807) is 0 Å². The summed E-state index contributed by atoms with van der Waals surface area (Å²) < 4.78 is 0. The van der Waals surface area contributed by atoms with Crippen molar-refractivity contribution in [1.29, 1.82) is 0 Å². The quantitative estimate of drug-likeness (QED) is 0.416. The van der Waals surface area contributed by atoms with Crippen molar-refractivity contribution in [3.8, 4) is 0 Å². The highest BCUT2D eigenvalue weighted by Crippen LogP contribution is 2.76. The van der Waals surface area contributed by atoms with Gasteiger partial charge in [-0.05, 0) is 121 Å². The first-order valence-corrected chi connectivity index (χ1v) is 13.2. The van der Waals surface area contributed by atoms with Crippen LogP contribution in [0.3, 0.4) is 0 Å². The number of hydrogen-bond donors (Lipinski definition) is 0. The van der Waals surface area contributed by atoms with Crippen LogP contribution in [0.25, 0.3) is 0 Å². The molecular weight excluding hydrogens is 372 g/mol. The monoisotopic (exact) mass is 432 g/mol. The van der Waals surface area contributed by atoms with Gasteiger partial charge in [-0.25, -0.2) is 0 Å². The summed E-state index contributed by atoms with van der Waals surface area (Å²) in [5, 5.41) is 0. The summed E-state index contributed by atoms with van der Waals surface area (Å²) in [5.74, 6) is 2.81. The largest absolute Gasteiger partial charge is 0.0776 e. The zero-order valence-electron chi connectivity index (χ0n) is 21.5. The SMILES string of the molecule is C.C.CC(C)C12CC(C)(C1)C2.CC(C)C12CC(C)(C1)C2.CC(C)C12CCC(C)(CC1)C2. The Morgan fingerprint density at radius 1 is 0.387 bits per heavy atom. The summed E-state index contributed by atoms with van der Waals surface area (Å²) in [6.07, 6.45) is 16.7. The molecule has 0 radical (unpaired) electrons. The molecule has 0 amide bonds. The van der Waals surface area contributed by atoms with Crippen LogP contribution in [-0.2, 0) is 0 Å². The third kappa shape index (κ3) is 4.30. The number of fused-ring (bicyclic) bond motifs is 2. The Labute approximate surface area is 198 Å². The molecule has 8 aliphatic rings. The lowest BCUT2D eigenvalue weighted by Crippen LogP contribution is -2.62. The molecule has 6 bridgehead atoms. The fourth-order valence-corrected chi connectivity index (χ4v) is 9.35. The fourth-order valence-electron chi connectivity index (χ4n) is 9.35. The molecule has 0 aliphatic heterocycles. The minimum atomic E-state index is 0. The van der Waals surface area contributed by atoms with E-state index in [2.05, 4.69) is 62.3 Å². The van der Waals surface area contributed by atoms with Gasteiger partial charge in [-0.3, -0.25) is 0 Å². The van der Waals surface area contributed by atoms with E-state index in [9.17, 15) is 0 Å². The zero-order chi connectivity index (χ0) is 21.5. The van der Waals surface area contributed by atoms with Crippen molar-refractivity contribution in [2.45, 2.75) is 148 Å². The van der Waals surface area contributed by atoms with Gasteiger partial charge in [-0.2, -0.15) is 0 Å². The van der Waals surface area contributed by atoms with Crippen LogP contribution in [-0.4, -0.2) is 0 Å². The maximum absolute atomic E-state index is 2.49. The van der Waals surface area contributed by atoms with Gasteiger partial charge in [0, 0.05) is 0 Å². The molecule has 0 spiro atoms. The summed E-state index contributed by atoms with van der Waals surface area (Å²) in [6, 6.07) is 0. The number of rotatable bonds is 3. The molecule has 8 rings (SSSR count). The van der Waals surface area contributed by atoms with E-state index in [4.69, 9.17) is 0 Å². The lowest BCUT2D eigenvalue weighted by Gasteiger charge is -2.72. The first-order chi connectivity index (χ1) is 13.2. The average molecular weight is 433 g/mol. The Bertz CT molecular complexity index is 549. The lowest BCUT2D eigenvalue weighted by molar-refractivity contribution is -0.217. The highest BCUT2D eigenvalue weighted by Gasteiger charge is 2.66. The Hall–Kier alpha value is 0. The smallest absolute Gasteiger partial charge is 0.0259 e. The van der Waals surface area contributed by atoms with E-state index >= 15 is 0 Å². The fraction of sp³-hybridized carbons (Fsp3) is 1.00. The van der Waals surface area contributed by atoms with Gasteiger partial charge in [0.1, 0.15) is 0 Å². The van der Waals surface area contributed by atoms with E-state index in [1.165, 1.54) is 70.6 Å². The summed E-state index contributed by atoms with van der Waals surface area (Å²) in [6.45, 7) is 21.7. The normalized spacial score (nSPS) is 49.2. The van der Waals surface area contributed by atoms with Gasteiger partial charge < -0.3 is 0 Å². The van der Waals surface area contributed by atoms with Gasteiger partial charge in [0.25, 0.3) is 0 Å². The third-order valence-corrected chi connectivity index (χ3v) is 11.6. The molecule has 0 nitrogen and oxygen atoms in total. The minimum absolute atomic E-state index is 0. The van der Waals surface area contributed by atoms with Crippen molar-refractivity contribution >= 4 is 0 Å². The molecule has 0 atom stereocenters. The highest BCUT2D eigenvalue weighted by atomic mass is 14.7. The second-order valence-electron chi connectivity index (χ2n) is 15.2. The predicted molar refractivity (Wildman–Crippen MR) is 140 cm³/mol. The van der Waals surface area contributed by atoms with Crippen LogP contribution in [0.1, 0.15) is 148 Å². The highest BCUT2D eigenvalue weighted by molar-refractivity contribution is 5.16. The van der Waals surface area contributed by atoms with Crippen LogP contribution < -0.4 is 0 Å². The van der Waals surface area contributed by atoms with E-state index in [0.717, 1.165) is 50.2 Å². The van der Waals surface area contributed by atoms with Crippen LogP contribution in [0.4, 0.5) is 0 Å². The summed E-state index contributed by atoms with van der Waals surface area (Å²) in [7, 11) is 0. The molecular formula is C31H60. The molecule has 31 heavy (non-hydrogen) atoms. The van der Waals surface area contributed by atoms with E-state index < -0.39 is 0 Å². The molecule has 0 N–H and O–H groups in total. The van der Waals surface area contributed by atoms with Gasteiger partial charge in [0.05, 0.1) is 0 Å². The second-order valence-corrected chi connectivity index (χ2v) is 15.2. The maximum Gasteiger partial charge on any atom is -0.0259 e. The molecule has 0 aromatic carbocycles. The lowest BCUT2D eigenvalue weighted by atomic mass is 9.33. The topological polar surface area (TPSA) is 0 Å². The molecule has 0 heterocycles. The van der Waals surface area contributed by atoms with E-state index in [0.29, 0.717) is 0 Å². The summed E-state index contributed by atoms with van der Waals surface area (Å²) in [4.78, 5) is 0. The van der Waals surface area contributed by atoms with Gasteiger partial charge in [-0.1, -0.05) is 77.2 Å². The van der Waals surface area contributed by atoms with Crippen LogP contribution in [0.2, 0.25) is 0 Å². The van der Waals surface area contributed by atoms with Crippen LogP contribution in [0.15, 0.2) is 0 Å². The van der Waals surface area contributed by atoms with Crippen molar-refractivity contribution < 1.29 is 0 Å². The molecule has 0 heteroatoms. The van der Waals surface area contributed by atoms with Gasteiger partial charge in [0.15, 0.2) is 0 Å². The van der Waals surface area contributed by atoms with Gasteiger partial charge >= 0.3 is 0 Å². The molecule has 0 saturated heterocycles. The summed E-state index contributed by atoms with van der Waals surface area (Å²) in [5.41, 5.74) is 4.80. The van der Waals surface area contributed by atoms with Crippen molar-refractivity contribution in [3.63, 3.8) is 0 Å². The standard InChI is InChI=1S/C11H20.2C9H16.2CH4/c1-9(2)11-6-4-10(3,8-11)5-7-11;2*1-7(2)9-4-8(3,5-9)6-9;;/h9H,4-8H2,1-3H3;2*7H,4-6H2,1-3H3;2*1H4. The average Bonchev–Trinajstić information content (AvgIpc) is 3.03. The van der Waals surface area contributed by atoms with E-state index in [1.807, 2.05) is 0 Å².